The Balaban J connectivity index is 2.01. The number of nitro benzene ring substituents is 1. The maximum atomic E-state index is 11.4. The molecule has 20 heavy (non-hydrogen) atoms. The van der Waals surface area contributed by atoms with E-state index in [2.05, 4.69) is 10.1 Å². The van der Waals surface area contributed by atoms with Crippen LogP contribution in [0.15, 0.2) is 18.2 Å². The first-order chi connectivity index (χ1) is 9.51. The van der Waals surface area contributed by atoms with Crippen LogP contribution in [0.1, 0.15) is 6.42 Å². The number of methoxy groups -OCH3 is 1. The molecular formula is C12H13ClN2O5. The smallest absolute Gasteiger partial charge is 0.323 e. The van der Waals surface area contributed by atoms with Crippen molar-refractivity contribution in [1.82, 2.24) is 5.32 Å². The largest absolute Gasteiger partial charge is 0.487 e. The highest BCUT2D eigenvalue weighted by Gasteiger charge is 2.31. The number of carbonyl (C=O) groups is 1. The summed E-state index contributed by atoms with van der Waals surface area (Å²) in [6.45, 7) is 0.479. The molecule has 1 aliphatic heterocycles. The van der Waals surface area contributed by atoms with Gasteiger partial charge in [-0.1, -0.05) is 11.6 Å². The molecule has 1 heterocycles. The number of nitrogens with zero attached hydrogens (tertiary/aromatic N) is 1. The lowest BCUT2D eigenvalue weighted by Crippen LogP contribution is -2.31. The van der Waals surface area contributed by atoms with Crippen molar-refractivity contribution >= 4 is 23.3 Å². The number of nitro groups is 1. The Bertz CT molecular complexity index is 537. The van der Waals surface area contributed by atoms with Crippen molar-refractivity contribution in [1.29, 1.82) is 0 Å². The van der Waals surface area contributed by atoms with Crippen LogP contribution in [-0.2, 0) is 9.53 Å². The van der Waals surface area contributed by atoms with Gasteiger partial charge in [0.15, 0.2) is 0 Å². The molecule has 8 heteroatoms. The summed E-state index contributed by atoms with van der Waals surface area (Å²) in [4.78, 5) is 21.4. The van der Waals surface area contributed by atoms with Gasteiger partial charge in [-0.2, -0.15) is 0 Å². The summed E-state index contributed by atoms with van der Waals surface area (Å²) in [5.41, 5.74) is -0.0978. The molecule has 1 N–H and O–H groups in total. The number of esters is 1. The summed E-state index contributed by atoms with van der Waals surface area (Å²) in [6.07, 6.45) is 0.220. The summed E-state index contributed by atoms with van der Waals surface area (Å²) in [7, 11) is 1.32. The first-order valence-corrected chi connectivity index (χ1v) is 6.31. The van der Waals surface area contributed by atoms with Crippen molar-refractivity contribution in [3.8, 4) is 5.75 Å². The van der Waals surface area contributed by atoms with E-state index in [4.69, 9.17) is 16.3 Å². The summed E-state index contributed by atoms with van der Waals surface area (Å²) in [5.74, 6) is 0.0143. The lowest BCUT2D eigenvalue weighted by Gasteiger charge is -2.13. The lowest BCUT2D eigenvalue weighted by atomic mass is 10.2. The van der Waals surface area contributed by atoms with E-state index in [-0.39, 0.29) is 22.8 Å². The molecule has 2 atom stereocenters. The number of benzene rings is 1. The number of hydrogen-bond acceptors (Lipinski definition) is 6. The third kappa shape index (κ3) is 3.17. The summed E-state index contributed by atoms with van der Waals surface area (Å²) in [6, 6.07) is 3.60. The van der Waals surface area contributed by atoms with Crippen molar-refractivity contribution < 1.29 is 19.2 Å². The molecule has 2 rings (SSSR count). The highest BCUT2D eigenvalue weighted by molar-refractivity contribution is 6.32. The van der Waals surface area contributed by atoms with Gasteiger partial charge in [0.1, 0.15) is 17.9 Å². The number of halogens is 1. The van der Waals surface area contributed by atoms with Crippen LogP contribution in [0.2, 0.25) is 5.02 Å². The second kappa shape index (κ2) is 6.06. The van der Waals surface area contributed by atoms with Crippen molar-refractivity contribution in [2.75, 3.05) is 13.7 Å². The molecule has 0 bridgehead atoms. The molecule has 1 saturated heterocycles. The maximum Gasteiger partial charge on any atom is 0.323 e. The maximum absolute atomic E-state index is 11.4. The normalized spacial score (nSPS) is 21.5. The third-order valence-corrected chi connectivity index (χ3v) is 3.29. The molecule has 0 unspecified atom stereocenters. The van der Waals surface area contributed by atoms with Crippen LogP contribution in [0.3, 0.4) is 0 Å². The van der Waals surface area contributed by atoms with Crippen LogP contribution in [0, 0.1) is 10.1 Å². The van der Waals surface area contributed by atoms with E-state index in [0.29, 0.717) is 18.7 Å². The summed E-state index contributed by atoms with van der Waals surface area (Å²) in [5, 5.41) is 13.7. The zero-order valence-electron chi connectivity index (χ0n) is 10.7. The van der Waals surface area contributed by atoms with Gasteiger partial charge in [-0.05, 0) is 6.07 Å². The Morgan fingerprint density at radius 1 is 1.55 bits per heavy atom. The topological polar surface area (TPSA) is 90.7 Å². The number of hydrogen-bond donors (Lipinski definition) is 1. The van der Waals surface area contributed by atoms with Gasteiger partial charge in [-0.15, -0.1) is 0 Å². The Morgan fingerprint density at radius 2 is 2.30 bits per heavy atom. The highest BCUT2D eigenvalue weighted by atomic mass is 35.5. The van der Waals surface area contributed by atoms with E-state index in [1.807, 2.05) is 0 Å². The molecule has 7 nitrogen and oxygen atoms in total. The minimum atomic E-state index is -0.528. The van der Waals surface area contributed by atoms with E-state index in [1.54, 1.807) is 0 Å². The molecule has 108 valence electrons. The molecule has 0 amide bonds. The summed E-state index contributed by atoms with van der Waals surface area (Å²) < 4.78 is 10.3. The molecular weight excluding hydrogens is 288 g/mol. The fourth-order valence-electron chi connectivity index (χ4n) is 1.99. The molecule has 0 radical (unpaired) electrons. The fraction of sp³-hybridized carbons (Fsp3) is 0.417. The average Bonchev–Trinajstić information content (AvgIpc) is 2.88. The minimum Gasteiger partial charge on any atom is -0.487 e. The molecule has 0 spiro atoms. The van der Waals surface area contributed by atoms with Crippen molar-refractivity contribution in [3.63, 3.8) is 0 Å². The quantitative estimate of drug-likeness (QED) is 0.515. The van der Waals surface area contributed by atoms with Gasteiger partial charge in [0.25, 0.3) is 5.69 Å². The third-order valence-electron chi connectivity index (χ3n) is 3.00. The van der Waals surface area contributed by atoms with Crippen LogP contribution < -0.4 is 10.1 Å². The van der Waals surface area contributed by atoms with Gasteiger partial charge in [-0.25, -0.2) is 0 Å². The Labute approximate surface area is 120 Å². The minimum absolute atomic E-state index is 0.0978. The fourth-order valence-corrected chi connectivity index (χ4v) is 2.21. The predicted molar refractivity (Wildman–Crippen MR) is 70.9 cm³/mol. The van der Waals surface area contributed by atoms with Crippen molar-refractivity contribution in [2.24, 2.45) is 0 Å². The molecule has 1 aromatic carbocycles. The number of carbonyl (C=O) groups excluding carboxylic acids is 1. The highest BCUT2D eigenvalue weighted by Crippen LogP contribution is 2.30. The molecule has 0 aromatic heterocycles. The number of ether oxygens (including phenoxy) is 2. The first-order valence-electron chi connectivity index (χ1n) is 5.93. The van der Waals surface area contributed by atoms with Crippen LogP contribution in [0.4, 0.5) is 5.69 Å². The number of nitrogens with one attached hydrogen (secondary N) is 1. The van der Waals surface area contributed by atoms with Gasteiger partial charge in [0, 0.05) is 25.1 Å². The second-order valence-corrected chi connectivity index (χ2v) is 4.74. The molecule has 1 aliphatic rings. The lowest BCUT2D eigenvalue weighted by molar-refractivity contribution is -0.384. The van der Waals surface area contributed by atoms with Gasteiger partial charge >= 0.3 is 5.97 Å². The molecule has 0 aliphatic carbocycles. The molecule has 1 fully saturated rings. The van der Waals surface area contributed by atoms with Gasteiger partial charge in [0.05, 0.1) is 17.1 Å². The van der Waals surface area contributed by atoms with Gasteiger partial charge in [0.2, 0.25) is 0 Å². The van der Waals surface area contributed by atoms with Crippen LogP contribution in [0.25, 0.3) is 0 Å². The summed E-state index contributed by atoms with van der Waals surface area (Å²) >= 11 is 5.94. The van der Waals surface area contributed by atoms with Crippen LogP contribution in [-0.4, -0.2) is 36.7 Å². The molecule has 0 saturated carbocycles. The van der Waals surface area contributed by atoms with Gasteiger partial charge < -0.3 is 14.8 Å². The number of non-ortho nitro benzene ring substituents is 1. The van der Waals surface area contributed by atoms with Gasteiger partial charge in [-0.3, -0.25) is 14.9 Å². The van der Waals surface area contributed by atoms with E-state index in [0.717, 1.165) is 0 Å². The zero-order chi connectivity index (χ0) is 14.7. The van der Waals surface area contributed by atoms with E-state index in [1.165, 1.54) is 25.3 Å². The second-order valence-electron chi connectivity index (χ2n) is 4.33. The zero-order valence-corrected chi connectivity index (χ0v) is 11.4. The Hall–Kier alpha value is -1.86. The molecule has 1 aromatic rings. The van der Waals surface area contributed by atoms with Crippen LogP contribution in [0.5, 0.6) is 5.75 Å². The van der Waals surface area contributed by atoms with Crippen LogP contribution >= 0.6 is 11.6 Å². The Kier molecular flexibility index (Phi) is 4.41. The van der Waals surface area contributed by atoms with Crippen molar-refractivity contribution in [3.05, 3.63) is 33.3 Å². The predicted octanol–water partition coefficient (Wildman–Crippen LogP) is 1.53. The SMILES string of the molecule is COC(=O)[C@@H]1C[C@@H](Oc2ccc([N+](=O)[O-])cc2Cl)CN1. The van der Waals surface area contributed by atoms with E-state index >= 15 is 0 Å². The Morgan fingerprint density at radius 3 is 2.90 bits per heavy atom. The monoisotopic (exact) mass is 300 g/mol. The van der Waals surface area contributed by atoms with Crippen molar-refractivity contribution in [2.45, 2.75) is 18.6 Å². The first kappa shape index (κ1) is 14.5. The standard InChI is InChI=1S/C12H13ClN2O5/c1-19-12(16)10-5-8(6-14-10)20-11-3-2-7(15(17)18)4-9(11)13/h2-4,8,10,14H,5-6H2,1H3/t8-,10+/m1/s1. The van der Waals surface area contributed by atoms with E-state index < -0.39 is 11.0 Å². The average molecular weight is 301 g/mol. The number of rotatable bonds is 4. The van der Waals surface area contributed by atoms with E-state index in [9.17, 15) is 14.9 Å².